The summed E-state index contributed by atoms with van der Waals surface area (Å²) in [4.78, 5) is 35.7. The minimum absolute atomic E-state index is 0.0419. The van der Waals surface area contributed by atoms with Crippen LogP contribution in [0.3, 0.4) is 0 Å². The molecule has 0 radical (unpaired) electrons. The van der Waals surface area contributed by atoms with E-state index in [0.29, 0.717) is 0 Å². The summed E-state index contributed by atoms with van der Waals surface area (Å²) < 4.78 is -0.0419. The largest absolute Gasteiger partial charge is 0.477 e. The maximum Gasteiger partial charge on any atom is 0.353 e. The minimum Gasteiger partial charge on any atom is -0.477 e. The number of H-pyrrole nitrogens is 2. The summed E-state index contributed by atoms with van der Waals surface area (Å²) >= 11 is 1.54. The van der Waals surface area contributed by atoms with E-state index in [1.807, 2.05) is 9.97 Å². The highest BCUT2D eigenvalue weighted by Crippen LogP contribution is 2.00. The van der Waals surface area contributed by atoms with Gasteiger partial charge in [0.2, 0.25) is 0 Å². The van der Waals surface area contributed by atoms with Crippen molar-refractivity contribution in [2.45, 2.75) is 0 Å². The molecule has 0 aliphatic heterocycles. The van der Waals surface area contributed by atoms with Gasteiger partial charge >= 0.3 is 11.7 Å². The molecule has 0 amide bonds. The quantitative estimate of drug-likeness (QED) is 0.596. The Morgan fingerprint density at radius 2 is 1.92 bits per heavy atom. The van der Waals surface area contributed by atoms with E-state index in [1.165, 1.54) is 0 Å². The number of aromatic carboxylic acids is 1. The van der Waals surface area contributed by atoms with Crippen LogP contribution in [0, 0.1) is 3.57 Å². The first-order valence-corrected chi connectivity index (χ1v) is 3.85. The van der Waals surface area contributed by atoms with Crippen LogP contribution in [0.25, 0.3) is 0 Å². The molecule has 0 saturated heterocycles. The third-order valence-corrected chi connectivity index (χ3v) is 2.13. The van der Waals surface area contributed by atoms with Crippen LogP contribution in [0.15, 0.2) is 9.59 Å². The van der Waals surface area contributed by atoms with E-state index in [9.17, 15) is 14.4 Å². The summed E-state index contributed by atoms with van der Waals surface area (Å²) in [6, 6.07) is 0. The Labute approximate surface area is 78.8 Å². The fourth-order valence-corrected chi connectivity index (χ4v) is 1.12. The molecule has 0 bridgehead atoms. The fraction of sp³-hybridized carbons (Fsp3) is 0. The fourth-order valence-electron chi connectivity index (χ4n) is 0.619. The van der Waals surface area contributed by atoms with E-state index in [-0.39, 0.29) is 9.26 Å². The molecule has 1 aromatic heterocycles. The van der Waals surface area contributed by atoms with Crippen molar-refractivity contribution in [3.05, 3.63) is 30.1 Å². The van der Waals surface area contributed by atoms with E-state index >= 15 is 0 Å². The molecule has 1 heterocycles. The van der Waals surface area contributed by atoms with E-state index in [1.54, 1.807) is 22.6 Å². The van der Waals surface area contributed by atoms with Crippen LogP contribution in [0.2, 0.25) is 0 Å². The van der Waals surface area contributed by atoms with Crippen LogP contribution >= 0.6 is 22.6 Å². The predicted octanol–water partition coefficient (Wildman–Crippen LogP) is -0.634. The molecular formula is C5H3IN2O4. The van der Waals surface area contributed by atoms with Gasteiger partial charge in [-0.3, -0.25) is 9.78 Å². The lowest BCUT2D eigenvalue weighted by atomic mass is 10.4. The highest BCUT2D eigenvalue weighted by Gasteiger charge is 2.12. The number of hydrogen-bond acceptors (Lipinski definition) is 3. The third kappa shape index (κ3) is 1.55. The maximum absolute atomic E-state index is 10.8. The molecule has 64 valence electrons. The molecule has 12 heavy (non-hydrogen) atoms. The molecule has 1 rings (SSSR count). The Morgan fingerprint density at radius 1 is 1.33 bits per heavy atom. The first-order chi connectivity index (χ1) is 5.52. The summed E-state index contributed by atoms with van der Waals surface area (Å²) in [5.41, 5.74) is -1.90. The van der Waals surface area contributed by atoms with Crippen molar-refractivity contribution in [2.24, 2.45) is 0 Å². The molecule has 1 aromatic rings. The van der Waals surface area contributed by atoms with Crippen LogP contribution in [0.4, 0.5) is 0 Å². The zero-order valence-corrected chi connectivity index (χ0v) is 7.71. The molecule has 0 unspecified atom stereocenters. The lowest BCUT2D eigenvalue weighted by Crippen LogP contribution is -2.28. The second-order valence-electron chi connectivity index (χ2n) is 1.90. The molecule has 0 fully saturated rings. The standard InChI is InChI=1S/C5H3IN2O4/c6-1-2(4(10)11)7-5(12)8-3(1)9/h(H,10,11)(H2,7,8,9,12). The average Bonchev–Trinajstić information content (AvgIpc) is 1.96. The first kappa shape index (κ1) is 8.97. The van der Waals surface area contributed by atoms with E-state index in [0.717, 1.165) is 0 Å². The topological polar surface area (TPSA) is 103 Å². The Kier molecular flexibility index (Phi) is 2.31. The van der Waals surface area contributed by atoms with Gasteiger partial charge in [0, 0.05) is 0 Å². The Hall–Kier alpha value is -1.12. The van der Waals surface area contributed by atoms with Crippen molar-refractivity contribution >= 4 is 28.6 Å². The van der Waals surface area contributed by atoms with Crippen LogP contribution in [0.1, 0.15) is 10.5 Å². The van der Waals surface area contributed by atoms with Gasteiger partial charge in [-0.15, -0.1) is 0 Å². The zero-order valence-electron chi connectivity index (χ0n) is 5.55. The highest BCUT2D eigenvalue weighted by atomic mass is 127. The van der Waals surface area contributed by atoms with E-state index in [2.05, 4.69) is 0 Å². The maximum atomic E-state index is 10.8. The second-order valence-corrected chi connectivity index (χ2v) is 2.98. The van der Waals surface area contributed by atoms with Gasteiger partial charge in [0.05, 0.1) is 0 Å². The third-order valence-electron chi connectivity index (χ3n) is 1.10. The lowest BCUT2D eigenvalue weighted by molar-refractivity contribution is 0.0688. The van der Waals surface area contributed by atoms with Gasteiger partial charge in [0.25, 0.3) is 5.56 Å². The summed E-state index contributed by atoms with van der Waals surface area (Å²) in [6.07, 6.45) is 0. The number of aromatic amines is 2. The number of carboxylic acids is 1. The molecule has 6 nitrogen and oxygen atoms in total. The van der Waals surface area contributed by atoms with Crippen LogP contribution in [0.5, 0.6) is 0 Å². The molecule has 0 saturated carbocycles. The van der Waals surface area contributed by atoms with Crippen molar-refractivity contribution < 1.29 is 9.90 Å². The number of carboxylic acid groups (broad SMARTS) is 1. The van der Waals surface area contributed by atoms with Crippen LogP contribution in [-0.4, -0.2) is 21.0 Å². The van der Waals surface area contributed by atoms with Gasteiger partial charge in [0.15, 0.2) is 0 Å². The summed E-state index contributed by atoms with van der Waals surface area (Å²) in [5, 5.41) is 8.49. The van der Waals surface area contributed by atoms with Crippen LogP contribution < -0.4 is 11.2 Å². The van der Waals surface area contributed by atoms with E-state index < -0.39 is 17.2 Å². The second kappa shape index (κ2) is 3.09. The Bertz CT molecular complexity index is 432. The van der Waals surface area contributed by atoms with Crippen molar-refractivity contribution in [3.8, 4) is 0 Å². The number of hydrogen-bond donors (Lipinski definition) is 3. The molecule has 0 aliphatic carbocycles. The first-order valence-electron chi connectivity index (χ1n) is 2.77. The highest BCUT2D eigenvalue weighted by molar-refractivity contribution is 14.1. The number of halogens is 1. The SMILES string of the molecule is O=C(O)c1[nH]c(=O)[nH]c(=O)c1I. The average molecular weight is 282 g/mol. The summed E-state index contributed by atoms with van der Waals surface area (Å²) in [7, 11) is 0. The van der Waals surface area contributed by atoms with Crippen molar-refractivity contribution in [3.63, 3.8) is 0 Å². The normalized spacial score (nSPS) is 9.75. The van der Waals surface area contributed by atoms with Gasteiger partial charge in [-0.1, -0.05) is 0 Å². The Balaban J connectivity index is 3.59. The monoisotopic (exact) mass is 282 g/mol. The molecule has 7 heteroatoms. The van der Waals surface area contributed by atoms with Gasteiger partial charge in [-0.2, -0.15) is 0 Å². The zero-order chi connectivity index (χ0) is 9.30. The summed E-state index contributed by atoms with van der Waals surface area (Å²) in [5.74, 6) is -1.33. The van der Waals surface area contributed by atoms with E-state index in [4.69, 9.17) is 5.11 Å². The van der Waals surface area contributed by atoms with Crippen molar-refractivity contribution in [2.75, 3.05) is 0 Å². The molecule has 0 aliphatic rings. The molecule has 0 spiro atoms. The smallest absolute Gasteiger partial charge is 0.353 e. The Morgan fingerprint density at radius 3 is 2.42 bits per heavy atom. The predicted molar refractivity (Wildman–Crippen MR) is 47.4 cm³/mol. The van der Waals surface area contributed by atoms with Gasteiger partial charge in [0.1, 0.15) is 9.26 Å². The van der Waals surface area contributed by atoms with Crippen LogP contribution in [-0.2, 0) is 0 Å². The number of rotatable bonds is 1. The molecular weight excluding hydrogens is 279 g/mol. The summed E-state index contributed by atoms with van der Waals surface area (Å²) in [6.45, 7) is 0. The van der Waals surface area contributed by atoms with Gasteiger partial charge in [-0.05, 0) is 22.6 Å². The minimum atomic E-state index is -1.33. The molecule has 0 aromatic carbocycles. The van der Waals surface area contributed by atoms with Crippen molar-refractivity contribution in [1.29, 1.82) is 0 Å². The van der Waals surface area contributed by atoms with Gasteiger partial charge in [-0.25, -0.2) is 9.59 Å². The molecule has 0 atom stereocenters. The number of aromatic nitrogens is 2. The number of carbonyl (C=O) groups is 1. The number of nitrogens with one attached hydrogen (secondary N) is 2. The lowest BCUT2D eigenvalue weighted by Gasteiger charge is -1.94. The molecule has 3 N–H and O–H groups in total. The van der Waals surface area contributed by atoms with Gasteiger partial charge < -0.3 is 10.1 Å². The van der Waals surface area contributed by atoms with Crippen molar-refractivity contribution in [1.82, 2.24) is 9.97 Å².